The van der Waals surface area contributed by atoms with E-state index in [1.807, 2.05) is 12.1 Å². The number of amides is 1. The number of aromatic carboxylic acids is 1. The number of thiophene rings is 1. The van der Waals surface area contributed by atoms with Crippen LogP contribution < -0.4 is 5.73 Å². The van der Waals surface area contributed by atoms with Crippen molar-refractivity contribution in [2.24, 2.45) is 0 Å². The lowest BCUT2D eigenvalue weighted by Gasteiger charge is -2.27. The highest BCUT2D eigenvalue weighted by Crippen LogP contribution is 2.28. The van der Waals surface area contributed by atoms with Gasteiger partial charge in [-0.1, -0.05) is 12.1 Å². The Hall–Kier alpha value is -2.34. The first-order chi connectivity index (χ1) is 10.5. The van der Waals surface area contributed by atoms with Gasteiger partial charge < -0.3 is 15.7 Å². The zero-order chi connectivity index (χ0) is 15.7. The van der Waals surface area contributed by atoms with E-state index in [-0.39, 0.29) is 5.91 Å². The van der Waals surface area contributed by atoms with Crippen molar-refractivity contribution in [1.29, 1.82) is 0 Å². The lowest BCUT2D eigenvalue weighted by atomic mass is 10.1. The van der Waals surface area contributed by atoms with E-state index >= 15 is 0 Å². The van der Waals surface area contributed by atoms with Gasteiger partial charge in [0.05, 0.1) is 6.42 Å². The largest absolute Gasteiger partial charge is 0.477 e. The highest BCUT2D eigenvalue weighted by molar-refractivity contribution is 7.14. The van der Waals surface area contributed by atoms with Crippen LogP contribution in [0.25, 0.3) is 0 Å². The number of carboxylic acids is 1. The minimum atomic E-state index is -0.904. The van der Waals surface area contributed by atoms with Crippen LogP contribution in [-0.2, 0) is 24.2 Å². The summed E-state index contributed by atoms with van der Waals surface area (Å²) in [7, 11) is 0. The van der Waals surface area contributed by atoms with E-state index < -0.39 is 5.97 Å². The maximum atomic E-state index is 12.4. The molecule has 0 radical (unpaired) electrons. The van der Waals surface area contributed by atoms with E-state index in [0.717, 1.165) is 22.4 Å². The Morgan fingerprint density at radius 2 is 2.00 bits per heavy atom. The van der Waals surface area contributed by atoms with Gasteiger partial charge in [-0.2, -0.15) is 0 Å². The number of benzene rings is 1. The number of nitrogens with zero attached hydrogens (tertiary/aromatic N) is 1. The summed E-state index contributed by atoms with van der Waals surface area (Å²) in [6, 6.07) is 8.97. The van der Waals surface area contributed by atoms with E-state index in [1.54, 1.807) is 23.1 Å². The lowest BCUT2D eigenvalue weighted by Crippen LogP contribution is -2.36. The molecule has 114 valence electrons. The second-order valence-corrected chi connectivity index (χ2v) is 6.48. The third-order valence-electron chi connectivity index (χ3n) is 3.77. The third-order valence-corrected chi connectivity index (χ3v) is 4.99. The number of hydrogen-bond acceptors (Lipinski definition) is 4. The van der Waals surface area contributed by atoms with E-state index in [4.69, 9.17) is 10.8 Å². The number of carbonyl (C=O) groups is 2. The van der Waals surface area contributed by atoms with Crippen molar-refractivity contribution in [3.63, 3.8) is 0 Å². The summed E-state index contributed by atoms with van der Waals surface area (Å²) in [6.45, 7) is 1.13. The van der Waals surface area contributed by atoms with Gasteiger partial charge in [0.1, 0.15) is 4.88 Å². The SMILES string of the molecule is Nc1ccc(CC(=O)N2CCc3sc(C(=O)O)cc3C2)cc1. The maximum Gasteiger partial charge on any atom is 0.345 e. The van der Waals surface area contributed by atoms with E-state index in [2.05, 4.69) is 0 Å². The van der Waals surface area contributed by atoms with Gasteiger partial charge in [-0.25, -0.2) is 4.79 Å². The Bertz CT molecular complexity index is 721. The Morgan fingerprint density at radius 3 is 2.68 bits per heavy atom. The van der Waals surface area contributed by atoms with Crippen molar-refractivity contribution in [2.75, 3.05) is 12.3 Å². The number of carboxylic acid groups (broad SMARTS) is 1. The van der Waals surface area contributed by atoms with Crippen LogP contribution >= 0.6 is 11.3 Å². The highest BCUT2D eigenvalue weighted by Gasteiger charge is 2.24. The molecule has 0 spiro atoms. The Morgan fingerprint density at radius 1 is 1.27 bits per heavy atom. The molecule has 5 nitrogen and oxygen atoms in total. The monoisotopic (exact) mass is 316 g/mol. The Kier molecular flexibility index (Phi) is 3.85. The number of nitrogen functional groups attached to an aromatic ring is 1. The molecule has 0 unspecified atom stereocenters. The van der Waals surface area contributed by atoms with Crippen molar-refractivity contribution >= 4 is 28.9 Å². The van der Waals surface area contributed by atoms with Gasteiger partial charge in [0.2, 0.25) is 5.91 Å². The number of anilines is 1. The van der Waals surface area contributed by atoms with Gasteiger partial charge in [-0.3, -0.25) is 4.79 Å². The van der Waals surface area contributed by atoms with Crippen molar-refractivity contribution < 1.29 is 14.7 Å². The summed E-state index contributed by atoms with van der Waals surface area (Å²) in [5.74, 6) is -0.849. The molecule has 0 fully saturated rings. The standard InChI is InChI=1S/C16H16N2O3S/c17-12-3-1-10(2-4-12)7-15(19)18-6-5-13-11(9-18)8-14(22-13)16(20)21/h1-4,8H,5-7,9,17H2,(H,20,21). The molecule has 0 aliphatic carbocycles. The van der Waals surface area contributed by atoms with Crippen LogP contribution in [0.3, 0.4) is 0 Å². The third kappa shape index (κ3) is 2.96. The van der Waals surface area contributed by atoms with E-state index in [9.17, 15) is 9.59 Å². The summed E-state index contributed by atoms with van der Waals surface area (Å²) >= 11 is 1.31. The zero-order valence-electron chi connectivity index (χ0n) is 11.9. The maximum absolute atomic E-state index is 12.4. The quantitative estimate of drug-likeness (QED) is 0.850. The Labute approximate surface area is 132 Å². The second kappa shape index (κ2) is 5.81. The predicted octanol–water partition coefficient (Wildman–Crippen LogP) is 2.16. The molecule has 1 aromatic carbocycles. The van der Waals surface area contributed by atoms with Crippen LogP contribution in [0.1, 0.15) is 25.7 Å². The highest BCUT2D eigenvalue weighted by atomic mass is 32.1. The molecule has 2 heterocycles. The number of carbonyl (C=O) groups excluding carboxylic acids is 1. The van der Waals surface area contributed by atoms with Gasteiger partial charge in [-0.15, -0.1) is 11.3 Å². The lowest BCUT2D eigenvalue weighted by molar-refractivity contribution is -0.131. The zero-order valence-corrected chi connectivity index (χ0v) is 12.7. The van der Waals surface area contributed by atoms with Crippen molar-refractivity contribution in [3.05, 3.63) is 51.2 Å². The van der Waals surface area contributed by atoms with Crippen LogP contribution in [-0.4, -0.2) is 28.4 Å². The molecule has 2 aromatic rings. The molecule has 0 bridgehead atoms. The Balaban J connectivity index is 1.69. The molecule has 6 heteroatoms. The summed E-state index contributed by atoms with van der Waals surface area (Å²) in [5, 5.41) is 9.05. The summed E-state index contributed by atoms with van der Waals surface area (Å²) in [6.07, 6.45) is 1.06. The number of fused-ring (bicyclic) bond motifs is 1. The van der Waals surface area contributed by atoms with Gasteiger partial charge in [0.25, 0.3) is 0 Å². The minimum Gasteiger partial charge on any atom is -0.477 e. The van der Waals surface area contributed by atoms with Crippen LogP contribution in [0.2, 0.25) is 0 Å². The van der Waals surface area contributed by atoms with Gasteiger partial charge in [0, 0.05) is 23.7 Å². The first-order valence-corrected chi connectivity index (χ1v) is 7.81. The topological polar surface area (TPSA) is 83.6 Å². The fourth-order valence-corrected chi connectivity index (χ4v) is 3.58. The average molecular weight is 316 g/mol. The first kappa shape index (κ1) is 14.6. The van der Waals surface area contributed by atoms with Gasteiger partial charge in [0.15, 0.2) is 0 Å². The van der Waals surface area contributed by atoms with Crippen molar-refractivity contribution in [2.45, 2.75) is 19.4 Å². The van der Waals surface area contributed by atoms with Crippen LogP contribution in [0, 0.1) is 0 Å². The summed E-state index contributed by atoms with van der Waals surface area (Å²) in [5.41, 5.74) is 8.21. The number of rotatable bonds is 3. The molecule has 1 amide bonds. The fourth-order valence-electron chi connectivity index (χ4n) is 2.57. The molecule has 1 aliphatic heterocycles. The van der Waals surface area contributed by atoms with Crippen LogP contribution in [0.4, 0.5) is 5.69 Å². The molecule has 22 heavy (non-hydrogen) atoms. The molecule has 1 aliphatic rings. The smallest absolute Gasteiger partial charge is 0.345 e. The van der Waals surface area contributed by atoms with Crippen molar-refractivity contribution in [1.82, 2.24) is 4.90 Å². The average Bonchev–Trinajstić information content (AvgIpc) is 2.93. The summed E-state index contributed by atoms with van der Waals surface area (Å²) < 4.78 is 0. The molecule has 3 rings (SSSR count). The molecular weight excluding hydrogens is 300 g/mol. The second-order valence-electron chi connectivity index (χ2n) is 5.35. The van der Waals surface area contributed by atoms with Crippen molar-refractivity contribution in [3.8, 4) is 0 Å². The fraction of sp³-hybridized carbons (Fsp3) is 0.250. The first-order valence-electron chi connectivity index (χ1n) is 7.00. The molecule has 0 saturated carbocycles. The van der Waals surface area contributed by atoms with E-state index in [0.29, 0.717) is 30.1 Å². The molecule has 0 atom stereocenters. The van der Waals surface area contributed by atoms with Crippen LogP contribution in [0.5, 0.6) is 0 Å². The number of nitrogens with two attached hydrogens (primary N) is 1. The normalized spacial score (nSPS) is 13.7. The van der Waals surface area contributed by atoms with Gasteiger partial charge in [-0.05, 0) is 35.7 Å². The van der Waals surface area contributed by atoms with E-state index in [1.165, 1.54) is 11.3 Å². The molecule has 3 N–H and O–H groups in total. The number of hydrogen-bond donors (Lipinski definition) is 2. The summed E-state index contributed by atoms with van der Waals surface area (Å²) in [4.78, 5) is 26.6. The predicted molar refractivity (Wildman–Crippen MR) is 85.0 cm³/mol. The molecular formula is C16H16N2O3S. The van der Waals surface area contributed by atoms with Gasteiger partial charge >= 0.3 is 5.97 Å². The molecule has 0 saturated heterocycles. The molecule has 1 aromatic heterocycles. The van der Waals surface area contributed by atoms with Crippen LogP contribution in [0.15, 0.2) is 30.3 Å². The minimum absolute atomic E-state index is 0.0542.